The van der Waals surface area contributed by atoms with Crippen LogP contribution in [0.4, 0.5) is 5.69 Å². The molecular weight excluding hydrogens is 362 g/mol. The van der Waals surface area contributed by atoms with Crippen LogP contribution in [0.2, 0.25) is 0 Å². The molecule has 0 saturated heterocycles. The van der Waals surface area contributed by atoms with Crippen LogP contribution in [0.15, 0.2) is 40.9 Å². The van der Waals surface area contributed by atoms with Gasteiger partial charge in [-0.3, -0.25) is 4.79 Å². The van der Waals surface area contributed by atoms with E-state index in [1.807, 2.05) is 26.0 Å². The number of aryl methyl sites for hydroxylation is 2. The molecule has 6 heteroatoms. The number of aliphatic carboxylic acids is 1. The molecule has 23 heavy (non-hydrogen) atoms. The van der Waals surface area contributed by atoms with Gasteiger partial charge in [0, 0.05) is 10.2 Å². The highest BCUT2D eigenvalue weighted by atomic mass is 79.9. The van der Waals surface area contributed by atoms with E-state index in [1.165, 1.54) is 0 Å². The largest absolute Gasteiger partial charge is 0.482 e. The van der Waals surface area contributed by atoms with Gasteiger partial charge < -0.3 is 15.2 Å². The number of rotatable bonds is 5. The lowest BCUT2D eigenvalue weighted by molar-refractivity contribution is -0.139. The van der Waals surface area contributed by atoms with Gasteiger partial charge in [-0.25, -0.2) is 4.79 Å². The lowest BCUT2D eigenvalue weighted by Gasteiger charge is -2.12. The molecule has 2 rings (SSSR count). The summed E-state index contributed by atoms with van der Waals surface area (Å²) in [5, 5.41) is 11.5. The van der Waals surface area contributed by atoms with E-state index in [1.54, 1.807) is 24.3 Å². The van der Waals surface area contributed by atoms with Crippen molar-refractivity contribution < 1.29 is 19.4 Å². The summed E-state index contributed by atoms with van der Waals surface area (Å²) in [7, 11) is 0. The van der Waals surface area contributed by atoms with E-state index in [0.717, 1.165) is 15.6 Å². The molecule has 0 aliphatic heterocycles. The van der Waals surface area contributed by atoms with E-state index in [2.05, 4.69) is 21.2 Å². The Kier molecular flexibility index (Phi) is 5.39. The molecule has 0 radical (unpaired) electrons. The zero-order valence-electron chi connectivity index (χ0n) is 12.7. The van der Waals surface area contributed by atoms with Crippen molar-refractivity contribution in [3.63, 3.8) is 0 Å². The predicted molar refractivity (Wildman–Crippen MR) is 91.1 cm³/mol. The van der Waals surface area contributed by atoms with Crippen LogP contribution in [-0.4, -0.2) is 23.6 Å². The fraction of sp³-hybridized carbons (Fsp3) is 0.176. The van der Waals surface area contributed by atoms with Crippen molar-refractivity contribution in [3.05, 3.63) is 57.6 Å². The lowest BCUT2D eigenvalue weighted by Crippen LogP contribution is -2.14. The van der Waals surface area contributed by atoms with Gasteiger partial charge in [0.25, 0.3) is 5.91 Å². The number of anilines is 1. The average molecular weight is 378 g/mol. The van der Waals surface area contributed by atoms with Crippen LogP contribution >= 0.6 is 15.9 Å². The Balaban J connectivity index is 2.15. The van der Waals surface area contributed by atoms with Gasteiger partial charge in [0.05, 0.1) is 5.56 Å². The van der Waals surface area contributed by atoms with Crippen molar-refractivity contribution in [2.45, 2.75) is 13.8 Å². The molecular formula is C17H16BrNO4. The molecule has 0 fully saturated rings. The van der Waals surface area contributed by atoms with E-state index in [-0.39, 0.29) is 5.91 Å². The predicted octanol–water partition coefficient (Wildman–Crippen LogP) is 3.78. The van der Waals surface area contributed by atoms with Crippen molar-refractivity contribution in [3.8, 4) is 5.75 Å². The number of hydrogen-bond donors (Lipinski definition) is 2. The molecule has 120 valence electrons. The van der Waals surface area contributed by atoms with Crippen LogP contribution in [-0.2, 0) is 4.79 Å². The summed E-state index contributed by atoms with van der Waals surface area (Å²) >= 11 is 3.42. The summed E-state index contributed by atoms with van der Waals surface area (Å²) in [6, 6.07) is 10.5. The zero-order chi connectivity index (χ0) is 17.0. The van der Waals surface area contributed by atoms with E-state index in [0.29, 0.717) is 17.0 Å². The molecule has 0 aliphatic carbocycles. The Morgan fingerprint density at radius 3 is 2.57 bits per heavy atom. The molecule has 0 saturated carbocycles. The van der Waals surface area contributed by atoms with Crippen LogP contribution in [0.25, 0.3) is 0 Å². The molecule has 1 amide bonds. The summed E-state index contributed by atoms with van der Waals surface area (Å²) < 4.78 is 5.87. The molecule has 0 atom stereocenters. The molecule has 2 aromatic rings. The zero-order valence-corrected chi connectivity index (χ0v) is 14.3. The number of nitrogens with one attached hydrogen (secondary N) is 1. The average Bonchev–Trinajstić information content (AvgIpc) is 2.50. The molecule has 0 bridgehead atoms. The first-order chi connectivity index (χ1) is 10.9. The fourth-order valence-electron chi connectivity index (χ4n) is 2.02. The number of benzene rings is 2. The van der Waals surface area contributed by atoms with Crippen molar-refractivity contribution >= 4 is 33.5 Å². The lowest BCUT2D eigenvalue weighted by atomic mass is 10.1. The van der Waals surface area contributed by atoms with Gasteiger partial charge in [-0.05, 0) is 65.2 Å². The van der Waals surface area contributed by atoms with Crippen molar-refractivity contribution in [2.75, 3.05) is 11.9 Å². The first-order valence-electron chi connectivity index (χ1n) is 6.90. The second-order valence-electron chi connectivity index (χ2n) is 5.05. The van der Waals surface area contributed by atoms with Gasteiger partial charge in [-0.15, -0.1) is 0 Å². The second-order valence-corrected chi connectivity index (χ2v) is 5.84. The van der Waals surface area contributed by atoms with E-state index in [9.17, 15) is 9.59 Å². The number of carbonyl (C=O) groups is 2. The summed E-state index contributed by atoms with van der Waals surface area (Å²) in [6.07, 6.45) is 0. The SMILES string of the molecule is Cc1cc(OCC(=O)O)ccc1NC(=O)c1cccc(C)c1Br. The molecule has 0 aromatic heterocycles. The monoisotopic (exact) mass is 377 g/mol. The molecule has 5 nitrogen and oxygen atoms in total. The van der Waals surface area contributed by atoms with Gasteiger partial charge in [0.2, 0.25) is 0 Å². The second kappa shape index (κ2) is 7.28. The Bertz CT molecular complexity index is 758. The number of halogens is 1. The normalized spacial score (nSPS) is 10.2. The highest BCUT2D eigenvalue weighted by Crippen LogP contribution is 2.25. The van der Waals surface area contributed by atoms with E-state index in [4.69, 9.17) is 9.84 Å². The quantitative estimate of drug-likeness (QED) is 0.830. The molecule has 0 unspecified atom stereocenters. The Hall–Kier alpha value is -2.34. The molecule has 0 heterocycles. The first kappa shape index (κ1) is 17.0. The van der Waals surface area contributed by atoms with Crippen molar-refractivity contribution in [1.29, 1.82) is 0 Å². The highest BCUT2D eigenvalue weighted by molar-refractivity contribution is 9.10. The van der Waals surface area contributed by atoms with Crippen LogP contribution in [0.1, 0.15) is 21.5 Å². The molecule has 0 aliphatic rings. The summed E-state index contributed by atoms with van der Waals surface area (Å²) in [4.78, 5) is 22.9. The Morgan fingerprint density at radius 2 is 1.91 bits per heavy atom. The third kappa shape index (κ3) is 4.32. The van der Waals surface area contributed by atoms with Gasteiger partial charge in [-0.1, -0.05) is 12.1 Å². The number of carboxylic acids is 1. The molecule has 2 N–H and O–H groups in total. The fourth-order valence-corrected chi connectivity index (χ4v) is 2.47. The van der Waals surface area contributed by atoms with Gasteiger partial charge >= 0.3 is 5.97 Å². The number of amides is 1. The summed E-state index contributed by atoms with van der Waals surface area (Å²) in [5.41, 5.74) is 2.96. The maximum absolute atomic E-state index is 12.4. The number of carbonyl (C=O) groups excluding carboxylic acids is 1. The smallest absolute Gasteiger partial charge is 0.341 e. The Labute approximate surface area is 142 Å². The van der Waals surface area contributed by atoms with Crippen molar-refractivity contribution in [2.24, 2.45) is 0 Å². The standard InChI is InChI=1S/C17H16BrNO4/c1-10-4-3-5-13(16(10)18)17(22)19-14-7-6-12(8-11(14)2)23-9-15(20)21/h3-8H,9H2,1-2H3,(H,19,22)(H,20,21). The highest BCUT2D eigenvalue weighted by Gasteiger charge is 2.13. The minimum atomic E-state index is -1.04. The number of carboxylic acid groups (broad SMARTS) is 1. The first-order valence-corrected chi connectivity index (χ1v) is 7.69. The van der Waals surface area contributed by atoms with E-state index < -0.39 is 12.6 Å². The molecule has 0 spiro atoms. The minimum Gasteiger partial charge on any atom is -0.482 e. The van der Waals surface area contributed by atoms with Gasteiger partial charge in [0.1, 0.15) is 5.75 Å². The van der Waals surface area contributed by atoms with Crippen LogP contribution in [0.3, 0.4) is 0 Å². The minimum absolute atomic E-state index is 0.220. The third-order valence-electron chi connectivity index (χ3n) is 3.24. The summed E-state index contributed by atoms with van der Waals surface area (Å²) in [5.74, 6) is -0.813. The van der Waals surface area contributed by atoms with Gasteiger partial charge in [0.15, 0.2) is 6.61 Å². The van der Waals surface area contributed by atoms with Crippen molar-refractivity contribution in [1.82, 2.24) is 0 Å². The maximum atomic E-state index is 12.4. The topological polar surface area (TPSA) is 75.6 Å². The summed E-state index contributed by atoms with van der Waals surface area (Å²) in [6.45, 7) is 3.33. The van der Waals surface area contributed by atoms with Crippen LogP contribution in [0, 0.1) is 13.8 Å². The van der Waals surface area contributed by atoms with Gasteiger partial charge in [-0.2, -0.15) is 0 Å². The number of ether oxygens (including phenoxy) is 1. The van der Waals surface area contributed by atoms with E-state index >= 15 is 0 Å². The van der Waals surface area contributed by atoms with Crippen LogP contribution in [0.5, 0.6) is 5.75 Å². The Morgan fingerprint density at radius 1 is 1.17 bits per heavy atom. The third-order valence-corrected chi connectivity index (χ3v) is 4.30. The number of hydrogen-bond acceptors (Lipinski definition) is 3. The van der Waals surface area contributed by atoms with Crippen LogP contribution < -0.4 is 10.1 Å². The maximum Gasteiger partial charge on any atom is 0.341 e. The molecule has 2 aromatic carbocycles.